The molecule has 0 spiro atoms. The number of thiazole rings is 1. The first-order valence-electron chi connectivity index (χ1n) is 7.11. The second-order valence-electron chi connectivity index (χ2n) is 5.48. The lowest BCUT2D eigenvalue weighted by molar-refractivity contribution is 0.176. The molecule has 0 saturated carbocycles. The molecule has 1 atom stereocenters. The van der Waals surface area contributed by atoms with Crippen LogP contribution in [0.15, 0.2) is 0 Å². The van der Waals surface area contributed by atoms with Crippen LogP contribution in [-0.2, 0) is 13.0 Å². The summed E-state index contributed by atoms with van der Waals surface area (Å²) in [5.74, 6) is 0.805. The summed E-state index contributed by atoms with van der Waals surface area (Å²) < 4.78 is 0. The summed E-state index contributed by atoms with van der Waals surface area (Å²) in [6.45, 7) is 7.82. The molecule has 1 aliphatic heterocycles. The quantitative estimate of drug-likeness (QED) is 0.849. The fourth-order valence-electron chi connectivity index (χ4n) is 2.69. The first kappa shape index (κ1) is 14.9. The predicted octanol–water partition coefficient (Wildman–Crippen LogP) is 2.96. The van der Waals surface area contributed by atoms with Crippen molar-refractivity contribution in [2.75, 3.05) is 13.1 Å². The molecule has 19 heavy (non-hydrogen) atoms. The smallest absolute Gasteiger partial charge is 0.116 e. The topological polar surface area (TPSA) is 42.2 Å². The minimum absolute atomic E-state index is 0.499. The van der Waals surface area contributed by atoms with Crippen LogP contribution in [0.3, 0.4) is 0 Å². The maximum absolute atomic E-state index is 5.80. The lowest BCUT2D eigenvalue weighted by Gasteiger charge is -2.29. The molecule has 1 aromatic rings. The molecule has 1 unspecified atom stereocenters. The normalized spacial score (nSPS) is 20.6. The lowest BCUT2D eigenvalue weighted by atomic mass is 10.0. The van der Waals surface area contributed by atoms with Crippen molar-refractivity contribution in [1.82, 2.24) is 9.88 Å². The van der Waals surface area contributed by atoms with Gasteiger partial charge < -0.3 is 5.73 Å². The van der Waals surface area contributed by atoms with Crippen LogP contribution in [0.2, 0.25) is 0 Å². The van der Waals surface area contributed by atoms with E-state index in [1.54, 1.807) is 11.3 Å². The number of piperidine rings is 1. The zero-order valence-electron chi connectivity index (χ0n) is 11.8. The van der Waals surface area contributed by atoms with Crippen LogP contribution in [0.1, 0.15) is 48.7 Å². The van der Waals surface area contributed by atoms with E-state index in [4.69, 9.17) is 22.9 Å². The van der Waals surface area contributed by atoms with Gasteiger partial charge in [0.05, 0.1) is 17.1 Å². The molecule has 0 bridgehead atoms. The summed E-state index contributed by atoms with van der Waals surface area (Å²) in [6, 6.07) is 0. The molecule has 1 aliphatic rings. The number of aromatic nitrogens is 1. The van der Waals surface area contributed by atoms with Gasteiger partial charge in [-0.25, -0.2) is 4.98 Å². The highest BCUT2D eigenvalue weighted by Crippen LogP contribution is 2.23. The zero-order valence-corrected chi connectivity index (χ0v) is 13.4. The first-order chi connectivity index (χ1) is 9.10. The molecule has 2 N–H and O–H groups in total. The summed E-state index contributed by atoms with van der Waals surface area (Å²) in [7, 11) is 0. The highest BCUT2D eigenvalue weighted by Gasteiger charge is 2.19. The predicted molar refractivity (Wildman–Crippen MR) is 85.7 cm³/mol. The van der Waals surface area contributed by atoms with Gasteiger partial charge in [-0.15, -0.1) is 11.3 Å². The monoisotopic (exact) mass is 297 g/mol. The Morgan fingerprint density at radius 3 is 3.00 bits per heavy atom. The highest BCUT2D eigenvalue weighted by molar-refractivity contribution is 7.81. The fraction of sp³-hybridized carbons (Fsp3) is 0.714. The second kappa shape index (κ2) is 6.77. The maximum Gasteiger partial charge on any atom is 0.116 e. The Morgan fingerprint density at radius 2 is 2.37 bits per heavy atom. The van der Waals surface area contributed by atoms with E-state index in [-0.39, 0.29) is 0 Å². The summed E-state index contributed by atoms with van der Waals surface area (Å²) in [4.78, 5) is 8.78. The number of nitrogens with two attached hydrogens (primary N) is 1. The largest absolute Gasteiger partial charge is 0.389 e. The van der Waals surface area contributed by atoms with Crippen LogP contribution in [0.5, 0.6) is 0 Å². The van der Waals surface area contributed by atoms with Crippen LogP contribution in [0, 0.1) is 5.92 Å². The summed E-state index contributed by atoms with van der Waals surface area (Å²) in [6.07, 6.45) is 4.71. The highest BCUT2D eigenvalue weighted by atomic mass is 32.1. The number of thiocarbonyl (C=S) groups is 1. The van der Waals surface area contributed by atoms with Crippen molar-refractivity contribution in [3.63, 3.8) is 0 Å². The minimum Gasteiger partial charge on any atom is -0.389 e. The third-order valence-corrected chi connectivity index (χ3v) is 5.00. The number of likely N-dealkylation sites (tertiary alicyclic amines) is 1. The first-order valence-corrected chi connectivity index (χ1v) is 8.33. The van der Waals surface area contributed by atoms with Crippen molar-refractivity contribution in [2.45, 2.75) is 46.1 Å². The Labute approximate surface area is 125 Å². The van der Waals surface area contributed by atoms with Crippen LogP contribution in [0.4, 0.5) is 0 Å². The minimum atomic E-state index is 0.499. The van der Waals surface area contributed by atoms with Gasteiger partial charge in [-0.05, 0) is 31.7 Å². The Morgan fingerprint density at radius 1 is 1.58 bits per heavy atom. The maximum atomic E-state index is 5.80. The van der Waals surface area contributed by atoms with Gasteiger partial charge in [-0.3, -0.25) is 4.90 Å². The van der Waals surface area contributed by atoms with E-state index in [0.29, 0.717) is 4.99 Å². The summed E-state index contributed by atoms with van der Waals surface area (Å²) >= 11 is 6.82. The molecule has 2 rings (SSSR count). The third-order valence-electron chi connectivity index (χ3n) is 3.55. The van der Waals surface area contributed by atoms with Crippen LogP contribution in [-0.4, -0.2) is 28.0 Å². The molecule has 1 saturated heterocycles. The zero-order chi connectivity index (χ0) is 13.8. The number of aryl methyl sites for hydroxylation is 1. The van der Waals surface area contributed by atoms with Crippen molar-refractivity contribution in [3.05, 3.63) is 15.6 Å². The van der Waals surface area contributed by atoms with Crippen LogP contribution in [0.25, 0.3) is 0 Å². The average Bonchev–Trinajstić information content (AvgIpc) is 2.73. The van der Waals surface area contributed by atoms with Gasteiger partial charge in [0.2, 0.25) is 0 Å². The standard InChI is InChI=1S/C14H23N3S2/c1-3-5-11-13(14(15)18)19-12(16-11)9-17-7-4-6-10(2)8-17/h10H,3-9H2,1-2H3,(H2,15,18). The molecule has 0 radical (unpaired) electrons. The average molecular weight is 297 g/mol. The van der Waals surface area contributed by atoms with E-state index >= 15 is 0 Å². The second-order valence-corrected chi connectivity index (χ2v) is 7.00. The van der Waals surface area contributed by atoms with Gasteiger partial charge in [-0.1, -0.05) is 32.5 Å². The number of hydrogen-bond acceptors (Lipinski definition) is 4. The molecule has 1 fully saturated rings. The molecular weight excluding hydrogens is 274 g/mol. The summed E-state index contributed by atoms with van der Waals surface area (Å²) in [5, 5.41) is 1.17. The van der Waals surface area contributed by atoms with Gasteiger partial charge in [0.15, 0.2) is 0 Å². The van der Waals surface area contributed by atoms with Crippen molar-refractivity contribution >= 4 is 28.5 Å². The summed E-state index contributed by atoms with van der Waals surface area (Å²) in [5.41, 5.74) is 6.90. The SMILES string of the molecule is CCCc1nc(CN2CCCC(C)C2)sc1C(N)=S. The Kier molecular flexibility index (Phi) is 5.30. The van der Waals surface area contributed by atoms with E-state index < -0.39 is 0 Å². The van der Waals surface area contributed by atoms with E-state index in [1.807, 2.05) is 0 Å². The van der Waals surface area contributed by atoms with Gasteiger partial charge in [0, 0.05) is 6.54 Å². The molecule has 0 aliphatic carbocycles. The van der Waals surface area contributed by atoms with Crippen molar-refractivity contribution in [2.24, 2.45) is 11.7 Å². The molecule has 0 aromatic carbocycles. The molecule has 1 aromatic heterocycles. The number of rotatable bonds is 5. The van der Waals surface area contributed by atoms with E-state index in [2.05, 4.69) is 18.7 Å². The van der Waals surface area contributed by atoms with E-state index in [0.717, 1.165) is 35.9 Å². The molecule has 0 amide bonds. The van der Waals surface area contributed by atoms with E-state index in [1.165, 1.54) is 30.9 Å². The van der Waals surface area contributed by atoms with Gasteiger partial charge in [-0.2, -0.15) is 0 Å². The number of nitrogens with zero attached hydrogens (tertiary/aromatic N) is 2. The van der Waals surface area contributed by atoms with Crippen LogP contribution < -0.4 is 5.73 Å². The van der Waals surface area contributed by atoms with Gasteiger partial charge in [0.25, 0.3) is 0 Å². The fourth-order valence-corrected chi connectivity index (χ4v) is 3.94. The Bertz CT molecular complexity index is 442. The Balaban J connectivity index is 2.07. The van der Waals surface area contributed by atoms with E-state index in [9.17, 15) is 0 Å². The lowest BCUT2D eigenvalue weighted by Crippen LogP contribution is -2.33. The number of hydrogen-bond donors (Lipinski definition) is 1. The molecule has 106 valence electrons. The van der Waals surface area contributed by atoms with Crippen molar-refractivity contribution < 1.29 is 0 Å². The van der Waals surface area contributed by atoms with Crippen molar-refractivity contribution in [1.29, 1.82) is 0 Å². The van der Waals surface area contributed by atoms with Crippen molar-refractivity contribution in [3.8, 4) is 0 Å². The van der Waals surface area contributed by atoms with Crippen LogP contribution >= 0.6 is 23.6 Å². The van der Waals surface area contributed by atoms with Gasteiger partial charge >= 0.3 is 0 Å². The molecule has 3 nitrogen and oxygen atoms in total. The molecule has 2 heterocycles. The molecular formula is C14H23N3S2. The Hall–Kier alpha value is -0.520. The van der Waals surface area contributed by atoms with Gasteiger partial charge in [0.1, 0.15) is 10.00 Å². The third kappa shape index (κ3) is 3.97. The molecule has 5 heteroatoms.